The van der Waals surface area contributed by atoms with Crippen LogP contribution in [0.15, 0.2) is 91.4 Å². The number of non-ortho nitro benzene ring substituents is 3. The molecule has 254 valence electrons. The topological polar surface area (TPSA) is 244 Å². The average Bonchev–Trinajstić information content (AvgIpc) is 3.11. The van der Waals surface area contributed by atoms with Crippen molar-refractivity contribution in [2.45, 2.75) is 0 Å². The predicted octanol–water partition coefficient (Wildman–Crippen LogP) is 6.18. The average molecular weight is 706 g/mol. The molecule has 3 aromatic carbocycles. The second-order valence-electron chi connectivity index (χ2n) is 9.86. The molecule has 0 bridgehead atoms. The minimum Gasteiger partial charge on any atom is -0.461 e. The first-order valence-corrected chi connectivity index (χ1v) is 15.6. The SMILES string of the molecule is O=[N+]([O-])c1ccc(OCO[P+](O)(OCOc2ccc([N+](=O)[O-])c3cccnc23)OCOc2ccc([N+](=O)[O-])c3cccnc23)c2ncccc12. The Morgan fingerprint density at radius 2 is 0.820 bits per heavy atom. The molecule has 0 aliphatic carbocycles. The van der Waals surface area contributed by atoms with Crippen molar-refractivity contribution < 1.29 is 47.4 Å². The number of ether oxygens (including phenoxy) is 3. The van der Waals surface area contributed by atoms with E-state index in [4.69, 9.17) is 27.8 Å². The number of hydrogen-bond donors (Lipinski definition) is 1. The Kier molecular flexibility index (Phi) is 9.75. The van der Waals surface area contributed by atoms with Crippen LogP contribution in [0.25, 0.3) is 32.7 Å². The van der Waals surface area contributed by atoms with Gasteiger partial charge in [0.25, 0.3) is 17.1 Å². The Morgan fingerprint density at radius 3 is 1.10 bits per heavy atom. The van der Waals surface area contributed by atoms with E-state index in [1.54, 1.807) is 0 Å². The lowest BCUT2D eigenvalue weighted by molar-refractivity contribution is -0.383. The molecule has 6 rings (SSSR count). The lowest BCUT2D eigenvalue weighted by Gasteiger charge is -2.17. The molecule has 0 fully saturated rings. The van der Waals surface area contributed by atoms with Gasteiger partial charge in [0.2, 0.25) is 20.4 Å². The highest BCUT2D eigenvalue weighted by atomic mass is 31.2. The Morgan fingerprint density at radius 1 is 0.520 bits per heavy atom. The molecule has 3 aromatic heterocycles. The van der Waals surface area contributed by atoms with Crippen LogP contribution in [0.5, 0.6) is 17.2 Å². The molecule has 0 saturated heterocycles. The van der Waals surface area contributed by atoms with Gasteiger partial charge in [0.05, 0.1) is 30.9 Å². The summed E-state index contributed by atoms with van der Waals surface area (Å²) in [6.45, 7) is -2.13. The molecule has 0 radical (unpaired) electrons. The summed E-state index contributed by atoms with van der Waals surface area (Å²) >= 11 is 0. The minimum absolute atomic E-state index is 0.0806. The van der Waals surface area contributed by atoms with Crippen molar-refractivity contribution in [1.82, 2.24) is 15.0 Å². The molecule has 6 aromatic rings. The molecule has 0 amide bonds. The number of nitrogens with zero attached hydrogens (tertiary/aromatic N) is 6. The summed E-state index contributed by atoms with van der Waals surface area (Å²) in [6.07, 6.45) is 4.24. The Labute approximate surface area is 279 Å². The fourth-order valence-corrected chi connectivity index (χ4v) is 5.58. The highest BCUT2D eigenvalue weighted by Crippen LogP contribution is 2.58. The summed E-state index contributed by atoms with van der Waals surface area (Å²) in [6, 6.07) is 16.6. The number of nitro groups is 3. The van der Waals surface area contributed by atoms with Crippen molar-refractivity contribution in [1.29, 1.82) is 0 Å². The van der Waals surface area contributed by atoms with Crippen molar-refractivity contribution in [3.63, 3.8) is 0 Å². The molecule has 19 nitrogen and oxygen atoms in total. The Hall–Kier alpha value is -6.24. The summed E-state index contributed by atoms with van der Waals surface area (Å²) in [5.74, 6) is 0.242. The molecule has 0 saturated carbocycles. The van der Waals surface area contributed by atoms with Crippen molar-refractivity contribution in [2.75, 3.05) is 20.4 Å². The van der Waals surface area contributed by atoms with E-state index in [0.717, 1.165) is 0 Å². The summed E-state index contributed by atoms with van der Waals surface area (Å²) in [4.78, 5) is 56.5. The third-order valence-electron chi connectivity index (χ3n) is 7.01. The highest BCUT2D eigenvalue weighted by Gasteiger charge is 2.47. The first-order chi connectivity index (χ1) is 24.1. The lowest BCUT2D eigenvalue weighted by atomic mass is 10.1. The fraction of sp³-hybridized carbons (Fsp3) is 0.100. The largest absolute Gasteiger partial charge is 0.583 e. The first kappa shape index (κ1) is 33.7. The second-order valence-corrected chi connectivity index (χ2v) is 11.6. The summed E-state index contributed by atoms with van der Waals surface area (Å²) in [7, 11) is -4.40. The first-order valence-electron chi connectivity index (χ1n) is 14.2. The number of fused-ring (bicyclic) bond motifs is 3. The highest BCUT2D eigenvalue weighted by molar-refractivity contribution is 7.55. The molecule has 0 aliphatic heterocycles. The smallest absolute Gasteiger partial charge is 0.461 e. The predicted molar refractivity (Wildman–Crippen MR) is 174 cm³/mol. The molecule has 0 unspecified atom stereocenters. The van der Waals surface area contributed by atoms with Gasteiger partial charge in [-0.3, -0.25) is 45.3 Å². The van der Waals surface area contributed by atoms with Gasteiger partial charge in [-0.25, -0.2) is 0 Å². The number of aromatic nitrogens is 3. The maximum atomic E-state index is 11.5. The number of pyridine rings is 3. The zero-order valence-electron chi connectivity index (χ0n) is 25.3. The molecular formula is C30H22N6O13P+. The molecular weight excluding hydrogens is 683 g/mol. The Balaban J connectivity index is 1.20. The second kappa shape index (κ2) is 14.5. The quantitative estimate of drug-likeness (QED) is 0.0542. The zero-order valence-corrected chi connectivity index (χ0v) is 26.2. The molecule has 0 aliphatic rings. The van der Waals surface area contributed by atoms with Crippen LogP contribution in [0.4, 0.5) is 17.1 Å². The number of benzene rings is 3. The van der Waals surface area contributed by atoms with Crippen LogP contribution >= 0.6 is 8.17 Å². The van der Waals surface area contributed by atoms with Gasteiger partial charge in [-0.2, -0.15) is 4.89 Å². The third kappa shape index (κ3) is 7.11. The van der Waals surface area contributed by atoms with E-state index >= 15 is 0 Å². The van der Waals surface area contributed by atoms with Crippen LogP contribution in [0.1, 0.15) is 0 Å². The van der Waals surface area contributed by atoms with Crippen LogP contribution < -0.4 is 14.2 Å². The number of hydrogen-bond acceptors (Lipinski definition) is 16. The van der Waals surface area contributed by atoms with E-state index in [1.807, 2.05) is 0 Å². The van der Waals surface area contributed by atoms with Crippen LogP contribution in [0.3, 0.4) is 0 Å². The number of rotatable bonds is 15. The lowest BCUT2D eigenvalue weighted by Crippen LogP contribution is -2.16. The van der Waals surface area contributed by atoms with Gasteiger partial charge in [0.1, 0.15) is 33.8 Å². The van der Waals surface area contributed by atoms with Gasteiger partial charge in [-0.1, -0.05) is 0 Å². The van der Waals surface area contributed by atoms with Gasteiger partial charge in [-0.15, -0.1) is 13.6 Å². The van der Waals surface area contributed by atoms with E-state index in [0.29, 0.717) is 0 Å². The fourth-order valence-electron chi connectivity index (χ4n) is 4.80. The third-order valence-corrected chi connectivity index (χ3v) is 8.30. The standard InChI is InChI=1S/C30H22N6O13P/c37-34(38)22-7-10-25(28-19(22)4-1-13-31-28)44-16-47-50(43,48-17-45-26-11-8-23(35(39)40)20-5-2-14-32-29(20)26)49-18-46-27-12-9-24(36(41)42)21-6-3-15-33-30(21)27/h1-15,43H,16-18H2/q+1. The van der Waals surface area contributed by atoms with Crippen LogP contribution in [0, 0.1) is 30.3 Å². The summed E-state index contributed by atoms with van der Waals surface area (Å²) in [5.41, 5.74) is -0.157. The van der Waals surface area contributed by atoms with Crippen LogP contribution in [0.2, 0.25) is 0 Å². The van der Waals surface area contributed by atoms with E-state index in [9.17, 15) is 35.2 Å². The Bertz CT molecular complexity index is 2010. The maximum absolute atomic E-state index is 11.5. The molecule has 50 heavy (non-hydrogen) atoms. The van der Waals surface area contributed by atoms with Crippen LogP contribution in [-0.2, 0) is 13.6 Å². The van der Waals surface area contributed by atoms with Crippen molar-refractivity contribution in [3.8, 4) is 17.2 Å². The minimum atomic E-state index is -4.40. The molecule has 0 atom stereocenters. The monoisotopic (exact) mass is 705 g/mol. The van der Waals surface area contributed by atoms with E-state index in [1.165, 1.54) is 91.4 Å². The number of nitro benzene ring substituents is 3. The maximum Gasteiger partial charge on any atom is 0.583 e. The van der Waals surface area contributed by atoms with Crippen LogP contribution in [-0.4, -0.2) is 55.0 Å². The van der Waals surface area contributed by atoms with Crippen molar-refractivity contribution in [3.05, 3.63) is 122 Å². The van der Waals surface area contributed by atoms with Crippen molar-refractivity contribution >= 4 is 57.9 Å². The molecule has 0 spiro atoms. The summed E-state index contributed by atoms with van der Waals surface area (Å²) < 4.78 is 33.4. The van der Waals surface area contributed by atoms with Crippen molar-refractivity contribution in [2.24, 2.45) is 0 Å². The summed E-state index contributed by atoms with van der Waals surface area (Å²) in [5, 5.41) is 35.0. The zero-order chi connectivity index (χ0) is 35.3. The van der Waals surface area contributed by atoms with Gasteiger partial charge in [-0.05, 0) is 54.6 Å². The molecule has 3 heterocycles. The van der Waals surface area contributed by atoms with Gasteiger partial charge < -0.3 is 14.2 Å². The van der Waals surface area contributed by atoms with Gasteiger partial charge in [0.15, 0.2) is 0 Å². The van der Waals surface area contributed by atoms with E-state index in [2.05, 4.69) is 15.0 Å². The van der Waals surface area contributed by atoms with Gasteiger partial charge >= 0.3 is 8.17 Å². The normalized spacial score (nSPS) is 11.5. The molecule has 20 heteroatoms. The van der Waals surface area contributed by atoms with E-state index in [-0.39, 0.29) is 67.0 Å². The van der Waals surface area contributed by atoms with E-state index < -0.39 is 43.3 Å². The van der Waals surface area contributed by atoms with Gasteiger partial charge in [0, 0.05) is 36.8 Å². The molecule has 1 N–H and O–H groups in total.